The molecular weight excluding hydrogens is 532 g/mol. The second-order valence-corrected chi connectivity index (χ2v) is 10.4. The fourth-order valence-corrected chi connectivity index (χ4v) is 5.01. The third-order valence-corrected chi connectivity index (χ3v) is 7.44. The highest BCUT2D eigenvalue weighted by molar-refractivity contribution is 5.81. The molecule has 42 heavy (non-hydrogen) atoms. The summed E-state index contributed by atoms with van der Waals surface area (Å²) in [4.78, 5) is 32.3. The zero-order chi connectivity index (χ0) is 29.6. The van der Waals surface area contributed by atoms with Crippen LogP contribution in [0.5, 0.6) is 5.75 Å². The summed E-state index contributed by atoms with van der Waals surface area (Å²) in [6.45, 7) is 1.76. The highest BCUT2D eigenvalue weighted by atomic mass is 16.5. The highest BCUT2D eigenvalue weighted by Crippen LogP contribution is 2.31. The van der Waals surface area contributed by atoms with E-state index in [0.29, 0.717) is 40.7 Å². The molecule has 214 valence electrons. The molecule has 3 aromatic carbocycles. The summed E-state index contributed by atoms with van der Waals surface area (Å²) in [5, 5.41) is 18.0. The quantitative estimate of drug-likeness (QED) is 0.218. The van der Waals surface area contributed by atoms with Crippen LogP contribution in [0.1, 0.15) is 29.5 Å². The van der Waals surface area contributed by atoms with Crippen molar-refractivity contribution < 1.29 is 14.7 Å². The second kappa shape index (κ2) is 12.7. The molecule has 10 nitrogen and oxygen atoms in total. The summed E-state index contributed by atoms with van der Waals surface area (Å²) in [6, 6.07) is 24.1. The number of carbonyl (C=O) groups excluding carboxylic acids is 1. The van der Waals surface area contributed by atoms with Crippen molar-refractivity contribution in [2.75, 3.05) is 18.0 Å². The minimum atomic E-state index is -0.475. The summed E-state index contributed by atoms with van der Waals surface area (Å²) in [6.07, 6.45) is 1.75. The number of benzene rings is 3. The molecule has 1 aromatic heterocycles. The Balaban J connectivity index is 1.42. The average molecular weight is 565 g/mol. The number of hydrogen-bond acceptors (Lipinski definition) is 8. The van der Waals surface area contributed by atoms with Gasteiger partial charge in [0.05, 0.1) is 29.3 Å². The van der Waals surface area contributed by atoms with Gasteiger partial charge in [0, 0.05) is 31.7 Å². The monoisotopic (exact) mass is 564 g/mol. The molecule has 0 radical (unpaired) electrons. The van der Waals surface area contributed by atoms with Gasteiger partial charge in [-0.2, -0.15) is 5.26 Å². The van der Waals surface area contributed by atoms with Gasteiger partial charge in [0.1, 0.15) is 12.4 Å². The largest absolute Gasteiger partial charge is 0.489 e. The molecule has 0 aliphatic carbocycles. The van der Waals surface area contributed by atoms with Crippen LogP contribution in [0.4, 0.5) is 5.95 Å². The van der Waals surface area contributed by atoms with Crippen LogP contribution in [0.25, 0.3) is 22.4 Å². The Morgan fingerprint density at radius 3 is 2.26 bits per heavy atom. The summed E-state index contributed by atoms with van der Waals surface area (Å²) in [7, 11) is 1.74. The number of hydroxylamine groups is 1. The lowest BCUT2D eigenvalue weighted by molar-refractivity contribution is -0.128. The van der Waals surface area contributed by atoms with Crippen LogP contribution in [0, 0.1) is 11.3 Å². The third kappa shape index (κ3) is 6.33. The number of nitrogens with one attached hydrogen (secondary N) is 1. The van der Waals surface area contributed by atoms with E-state index in [4.69, 9.17) is 20.7 Å². The van der Waals surface area contributed by atoms with Gasteiger partial charge < -0.3 is 15.4 Å². The molecule has 1 fully saturated rings. The van der Waals surface area contributed by atoms with E-state index >= 15 is 0 Å². The van der Waals surface area contributed by atoms with E-state index in [1.54, 1.807) is 29.2 Å². The molecular formula is C32H32N6O4. The summed E-state index contributed by atoms with van der Waals surface area (Å²) >= 11 is 0. The van der Waals surface area contributed by atoms with Crippen molar-refractivity contribution in [1.82, 2.24) is 15.0 Å². The van der Waals surface area contributed by atoms with Crippen LogP contribution < -0.4 is 26.4 Å². The number of ether oxygens (including phenoxy) is 1. The van der Waals surface area contributed by atoms with E-state index in [9.17, 15) is 14.9 Å². The lowest BCUT2D eigenvalue weighted by atomic mass is 9.99. The van der Waals surface area contributed by atoms with Crippen LogP contribution >= 0.6 is 0 Å². The number of nitriles is 1. The average Bonchev–Trinajstić information content (AvgIpc) is 3.03. The number of carbonyl (C=O) groups is 1. The van der Waals surface area contributed by atoms with Gasteiger partial charge in [0.2, 0.25) is 11.9 Å². The number of piperidine rings is 1. The van der Waals surface area contributed by atoms with E-state index in [1.807, 2.05) is 60.7 Å². The van der Waals surface area contributed by atoms with Gasteiger partial charge >= 0.3 is 0 Å². The van der Waals surface area contributed by atoms with Gasteiger partial charge in [-0.05, 0) is 53.8 Å². The summed E-state index contributed by atoms with van der Waals surface area (Å²) in [5.74, 6) is 0.753. The molecule has 4 N–H and O–H groups in total. The molecule has 0 saturated carbocycles. The van der Waals surface area contributed by atoms with Crippen LogP contribution in [-0.2, 0) is 24.9 Å². The fourth-order valence-electron chi connectivity index (χ4n) is 5.01. The molecule has 0 atom stereocenters. The Kier molecular flexibility index (Phi) is 8.62. The van der Waals surface area contributed by atoms with Crippen LogP contribution in [-0.4, -0.2) is 39.8 Å². The summed E-state index contributed by atoms with van der Waals surface area (Å²) in [5.41, 5.74) is 12.3. The van der Waals surface area contributed by atoms with Gasteiger partial charge in [-0.1, -0.05) is 48.5 Å². The van der Waals surface area contributed by atoms with E-state index in [-0.39, 0.29) is 18.0 Å². The molecule has 4 aromatic rings. The Hall–Kier alpha value is -4.98. The van der Waals surface area contributed by atoms with Gasteiger partial charge in [0.25, 0.3) is 5.56 Å². The molecule has 5 rings (SSSR count). The zero-order valence-electron chi connectivity index (χ0n) is 23.3. The van der Waals surface area contributed by atoms with Gasteiger partial charge in [-0.25, -0.2) is 10.5 Å². The minimum Gasteiger partial charge on any atom is -0.489 e. The predicted molar refractivity (Wildman–Crippen MR) is 159 cm³/mol. The van der Waals surface area contributed by atoms with Crippen molar-refractivity contribution >= 4 is 11.9 Å². The molecule has 2 heterocycles. The van der Waals surface area contributed by atoms with E-state index in [1.165, 1.54) is 0 Å². The number of anilines is 1. The Labute approximate surface area is 243 Å². The Bertz CT molecular complexity index is 1650. The first kappa shape index (κ1) is 28.5. The number of hydrogen-bond donors (Lipinski definition) is 3. The van der Waals surface area contributed by atoms with Crippen molar-refractivity contribution in [3.8, 4) is 34.2 Å². The molecule has 0 bridgehead atoms. The lowest BCUT2D eigenvalue weighted by Gasteiger charge is -2.32. The van der Waals surface area contributed by atoms with Crippen LogP contribution in [0.2, 0.25) is 0 Å². The smallest absolute Gasteiger partial charge is 0.263 e. The molecule has 1 aliphatic heterocycles. The first-order valence-electron chi connectivity index (χ1n) is 13.7. The van der Waals surface area contributed by atoms with Crippen molar-refractivity contribution in [3.63, 3.8) is 0 Å². The van der Waals surface area contributed by atoms with Crippen LogP contribution in [0.15, 0.2) is 77.6 Å². The van der Waals surface area contributed by atoms with Crippen molar-refractivity contribution in [2.45, 2.75) is 31.9 Å². The van der Waals surface area contributed by atoms with Gasteiger partial charge in [-0.15, -0.1) is 0 Å². The minimum absolute atomic E-state index is 0.0883. The third-order valence-electron chi connectivity index (χ3n) is 7.44. The Morgan fingerprint density at radius 1 is 1.02 bits per heavy atom. The lowest BCUT2D eigenvalue weighted by Crippen LogP contribution is -2.42. The molecule has 1 saturated heterocycles. The number of nitrogens with zero attached hydrogens (tertiary/aromatic N) is 4. The second-order valence-electron chi connectivity index (χ2n) is 10.4. The maximum Gasteiger partial charge on any atom is 0.263 e. The molecule has 10 heteroatoms. The zero-order valence-corrected chi connectivity index (χ0v) is 23.3. The maximum absolute atomic E-state index is 13.9. The topological polar surface area (TPSA) is 146 Å². The predicted octanol–water partition coefficient (Wildman–Crippen LogP) is 3.54. The van der Waals surface area contributed by atoms with E-state index < -0.39 is 5.91 Å². The number of aromatic nitrogens is 2. The van der Waals surface area contributed by atoms with Crippen molar-refractivity contribution in [3.05, 3.63) is 99.8 Å². The molecule has 0 unspecified atom stereocenters. The first-order chi connectivity index (χ1) is 20.4. The van der Waals surface area contributed by atoms with Gasteiger partial charge in [0.15, 0.2) is 0 Å². The molecule has 1 amide bonds. The van der Waals surface area contributed by atoms with Crippen LogP contribution in [0.3, 0.4) is 0 Å². The van der Waals surface area contributed by atoms with Crippen molar-refractivity contribution in [2.24, 2.45) is 12.8 Å². The Morgan fingerprint density at radius 2 is 1.64 bits per heavy atom. The van der Waals surface area contributed by atoms with E-state index in [0.717, 1.165) is 42.6 Å². The molecule has 0 spiro atoms. The van der Waals surface area contributed by atoms with Gasteiger partial charge in [-0.3, -0.25) is 19.4 Å². The van der Waals surface area contributed by atoms with E-state index in [2.05, 4.69) is 11.0 Å². The molecule has 1 aliphatic rings. The standard InChI is InChI=1S/C32H32N6O4/c1-37-31(40)29(24-10-12-27(13-11-24)42-20-23-4-2-21(3-5-23)18-28(39)36-41)30(25-8-6-22(19-33)7-9-25)35-32(37)38-16-14-26(34)15-17-38/h2-13,26,41H,14-18,20,34H2,1H3,(H,36,39). The number of rotatable bonds is 8. The normalized spacial score (nSPS) is 13.4. The van der Waals surface area contributed by atoms with Crippen molar-refractivity contribution in [1.29, 1.82) is 5.26 Å². The first-order valence-corrected chi connectivity index (χ1v) is 13.7. The highest BCUT2D eigenvalue weighted by Gasteiger charge is 2.24. The maximum atomic E-state index is 13.9. The SMILES string of the molecule is Cn1c(N2CCC(N)CC2)nc(-c2ccc(C#N)cc2)c(-c2ccc(OCc3ccc(CC(=O)NO)cc3)cc2)c1=O. The fraction of sp³-hybridized carbons (Fsp3) is 0.250. The number of nitrogens with two attached hydrogens (primary N) is 1. The summed E-state index contributed by atoms with van der Waals surface area (Å²) < 4.78 is 7.56. The number of amides is 1.